The molecule has 0 bridgehead atoms. The zero-order chi connectivity index (χ0) is 11.9. The third kappa shape index (κ3) is 1.81. The molecule has 0 aliphatic carbocycles. The molecule has 1 N–H and O–H groups in total. The number of rotatable bonds is 1. The van der Waals surface area contributed by atoms with E-state index < -0.39 is 10.2 Å². The molecule has 1 aromatic rings. The van der Waals surface area contributed by atoms with E-state index in [0.29, 0.717) is 43.5 Å². The lowest BCUT2D eigenvalue weighted by molar-refractivity contribution is 0.171. The van der Waals surface area contributed by atoms with E-state index in [1.54, 1.807) is 18.2 Å². The number of nitrogens with zero attached hydrogens (tertiary/aromatic N) is 1. The van der Waals surface area contributed by atoms with Gasteiger partial charge in [0, 0.05) is 19.2 Å². The largest absolute Gasteiger partial charge is 0.486 e. The second kappa shape index (κ2) is 3.78. The summed E-state index contributed by atoms with van der Waals surface area (Å²) in [6.07, 6.45) is 0. The number of hydrogen-bond donors (Lipinski definition) is 1. The Kier molecular flexibility index (Phi) is 2.37. The molecule has 1 aromatic carbocycles. The second-order valence-corrected chi connectivity index (χ2v) is 5.48. The van der Waals surface area contributed by atoms with Crippen molar-refractivity contribution < 1.29 is 17.9 Å². The van der Waals surface area contributed by atoms with E-state index in [-0.39, 0.29) is 0 Å². The van der Waals surface area contributed by atoms with Crippen molar-refractivity contribution in [1.29, 1.82) is 0 Å². The number of nitrogens with one attached hydrogen (secondary N) is 1. The SMILES string of the molecule is O=S1(=O)NCCN1c1ccc2c(c1)OCCO2. The molecule has 1 fully saturated rings. The van der Waals surface area contributed by atoms with E-state index in [1.807, 2.05) is 0 Å². The predicted octanol–water partition coefficient (Wildman–Crippen LogP) is 0.112. The summed E-state index contributed by atoms with van der Waals surface area (Å²) < 4.78 is 37.9. The molecule has 2 heterocycles. The van der Waals surface area contributed by atoms with Crippen molar-refractivity contribution in [2.24, 2.45) is 0 Å². The Morgan fingerprint density at radius 3 is 2.65 bits per heavy atom. The maximum Gasteiger partial charge on any atom is 0.301 e. The predicted molar refractivity (Wildman–Crippen MR) is 61.7 cm³/mol. The van der Waals surface area contributed by atoms with Gasteiger partial charge in [-0.2, -0.15) is 13.1 Å². The van der Waals surface area contributed by atoms with E-state index >= 15 is 0 Å². The van der Waals surface area contributed by atoms with Crippen LogP contribution in [0.25, 0.3) is 0 Å². The van der Waals surface area contributed by atoms with Crippen LogP contribution in [0.5, 0.6) is 11.5 Å². The van der Waals surface area contributed by atoms with Crippen LogP contribution in [-0.4, -0.2) is 34.7 Å². The molecule has 6 nitrogen and oxygen atoms in total. The molecule has 17 heavy (non-hydrogen) atoms. The maximum atomic E-state index is 11.7. The number of ether oxygens (including phenoxy) is 2. The number of benzene rings is 1. The van der Waals surface area contributed by atoms with Crippen molar-refractivity contribution in [3.8, 4) is 11.5 Å². The Balaban J connectivity index is 1.99. The van der Waals surface area contributed by atoms with Gasteiger partial charge in [-0.1, -0.05) is 0 Å². The molecule has 3 rings (SSSR count). The van der Waals surface area contributed by atoms with E-state index in [4.69, 9.17) is 9.47 Å². The number of fused-ring (bicyclic) bond motifs is 1. The van der Waals surface area contributed by atoms with E-state index in [1.165, 1.54) is 4.31 Å². The van der Waals surface area contributed by atoms with Gasteiger partial charge >= 0.3 is 10.2 Å². The molecule has 0 aromatic heterocycles. The van der Waals surface area contributed by atoms with Crippen molar-refractivity contribution in [1.82, 2.24) is 4.72 Å². The summed E-state index contributed by atoms with van der Waals surface area (Å²) in [6, 6.07) is 5.15. The molecule has 0 spiro atoms. The summed E-state index contributed by atoms with van der Waals surface area (Å²) in [7, 11) is -3.38. The van der Waals surface area contributed by atoms with Crippen LogP contribution in [0.3, 0.4) is 0 Å². The summed E-state index contributed by atoms with van der Waals surface area (Å²) >= 11 is 0. The highest BCUT2D eigenvalue weighted by molar-refractivity contribution is 7.91. The van der Waals surface area contributed by atoms with Gasteiger partial charge in [-0.25, -0.2) is 0 Å². The molecule has 0 radical (unpaired) electrons. The topological polar surface area (TPSA) is 67.9 Å². The first-order chi connectivity index (χ1) is 8.17. The lowest BCUT2D eigenvalue weighted by Crippen LogP contribution is -2.29. The first-order valence-corrected chi connectivity index (χ1v) is 6.78. The smallest absolute Gasteiger partial charge is 0.301 e. The average Bonchev–Trinajstić information content (AvgIpc) is 2.68. The van der Waals surface area contributed by atoms with Crippen LogP contribution >= 0.6 is 0 Å². The van der Waals surface area contributed by atoms with Crippen molar-refractivity contribution in [3.05, 3.63) is 18.2 Å². The first-order valence-electron chi connectivity index (χ1n) is 5.34. The average molecular weight is 256 g/mol. The fraction of sp³-hybridized carbons (Fsp3) is 0.400. The van der Waals surface area contributed by atoms with E-state index in [0.717, 1.165) is 0 Å². The standard InChI is InChI=1S/C10H12N2O4S/c13-17(14)11-3-4-12(17)8-1-2-9-10(7-8)16-6-5-15-9/h1-2,7,11H,3-6H2. The van der Waals surface area contributed by atoms with Gasteiger partial charge < -0.3 is 9.47 Å². The van der Waals surface area contributed by atoms with Gasteiger partial charge in [0.15, 0.2) is 11.5 Å². The van der Waals surface area contributed by atoms with Gasteiger partial charge in [-0.3, -0.25) is 4.31 Å². The molecule has 0 atom stereocenters. The molecule has 0 unspecified atom stereocenters. The fourth-order valence-electron chi connectivity index (χ4n) is 1.93. The summed E-state index contributed by atoms with van der Waals surface area (Å²) in [4.78, 5) is 0. The zero-order valence-electron chi connectivity index (χ0n) is 9.05. The Morgan fingerprint density at radius 2 is 1.94 bits per heavy atom. The molecule has 2 aliphatic heterocycles. The summed E-state index contributed by atoms with van der Waals surface area (Å²) in [5, 5.41) is 0. The van der Waals surface area contributed by atoms with Crippen LogP contribution in [0, 0.1) is 0 Å². The minimum atomic E-state index is -3.38. The molecule has 2 aliphatic rings. The molecular weight excluding hydrogens is 244 g/mol. The van der Waals surface area contributed by atoms with Crippen LogP contribution in [0.1, 0.15) is 0 Å². The van der Waals surface area contributed by atoms with Crippen LogP contribution < -0.4 is 18.5 Å². The van der Waals surface area contributed by atoms with Gasteiger partial charge in [-0.05, 0) is 12.1 Å². The van der Waals surface area contributed by atoms with Crippen molar-refractivity contribution in [2.45, 2.75) is 0 Å². The van der Waals surface area contributed by atoms with Gasteiger partial charge in [-0.15, -0.1) is 0 Å². The molecule has 1 saturated heterocycles. The number of anilines is 1. The Hall–Kier alpha value is -1.47. The van der Waals surface area contributed by atoms with Crippen LogP contribution in [0.2, 0.25) is 0 Å². The minimum absolute atomic E-state index is 0.427. The molecule has 0 amide bonds. The van der Waals surface area contributed by atoms with Gasteiger partial charge in [0.25, 0.3) is 0 Å². The lowest BCUT2D eigenvalue weighted by Gasteiger charge is -2.21. The molecule has 0 saturated carbocycles. The van der Waals surface area contributed by atoms with Crippen LogP contribution in [0.15, 0.2) is 18.2 Å². The Bertz CT molecular complexity index is 543. The summed E-state index contributed by atoms with van der Waals surface area (Å²) in [5.74, 6) is 1.25. The second-order valence-electron chi connectivity index (χ2n) is 3.80. The zero-order valence-corrected chi connectivity index (χ0v) is 9.87. The third-order valence-electron chi connectivity index (χ3n) is 2.70. The molecular formula is C10H12N2O4S. The van der Waals surface area contributed by atoms with Crippen LogP contribution in [0.4, 0.5) is 5.69 Å². The van der Waals surface area contributed by atoms with Crippen LogP contribution in [-0.2, 0) is 10.2 Å². The monoisotopic (exact) mass is 256 g/mol. The van der Waals surface area contributed by atoms with Gasteiger partial charge in [0.05, 0.1) is 5.69 Å². The summed E-state index contributed by atoms with van der Waals surface area (Å²) in [6.45, 7) is 1.87. The normalized spacial score (nSPS) is 21.5. The van der Waals surface area contributed by atoms with E-state index in [2.05, 4.69) is 4.72 Å². The highest BCUT2D eigenvalue weighted by Gasteiger charge is 2.28. The molecule has 92 valence electrons. The lowest BCUT2D eigenvalue weighted by atomic mass is 10.2. The van der Waals surface area contributed by atoms with E-state index in [9.17, 15) is 8.42 Å². The minimum Gasteiger partial charge on any atom is -0.486 e. The Labute approximate surface area is 99.3 Å². The highest BCUT2D eigenvalue weighted by Crippen LogP contribution is 2.34. The fourth-order valence-corrected chi connectivity index (χ4v) is 3.16. The first kappa shape index (κ1) is 10.7. The van der Waals surface area contributed by atoms with Crippen molar-refractivity contribution >= 4 is 15.9 Å². The molecule has 7 heteroatoms. The maximum absolute atomic E-state index is 11.7. The van der Waals surface area contributed by atoms with Crippen molar-refractivity contribution in [2.75, 3.05) is 30.6 Å². The van der Waals surface area contributed by atoms with Gasteiger partial charge in [0.2, 0.25) is 0 Å². The van der Waals surface area contributed by atoms with Gasteiger partial charge in [0.1, 0.15) is 13.2 Å². The quantitative estimate of drug-likeness (QED) is 0.774. The highest BCUT2D eigenvalue weighted by atomic mass is 32.2. The Morgan fingerprint density at radius 1 is 1.18 bits per heavy atom. The number of hydrogen-bond acceptors (Lipinski definition) is 4. The summed E-state index contributed by atoms with van der Waals surface area (Å²) in [5.41, 5.74) is 0.597. The third-order valence-corrected chi connectivity index (χ3v) is 4.25. The van der Waals surface area contributed by atoms with Crippen molar-refractivity contribution in [3.63, 3.8) is 0 Å².